The summed E-state index contributed by atoms with van der Waals surface area (Å²) in [5.74, 6) is 0. The smallest absolute Gasteiger partial charge is 0.106 e. The fraction of sp³-hybridized carbons (Fsp3) is 0.944. The fourth-order valence-electron chi connectivity index (χ4n) is 6.05. The number of unbranched alkanes of at least 4 members (excludes halogenated alkanes) is 24. The van der Waals surface area contributed by atoms with Crippen LogP contribution >= 0.6 is 0 Å². The van der Waals surface area contributed by atoms with Crippen LogP contribution in [-0.2, 0) is 9.78 Å². The van der Waals surface area contributed by atoms with Gasteiger partial charge in [0.2, 0.25) is 0 Å². The van der Waals surface area contributed by atoms with Crippen molar-refractivity contribution in [2.75, 3.05) is 6.61 Å². The van der Waals surface area contributed by atoms with Crippen molar-refractivity contribution in [3.8, 4) is 0 Å². The summed E-state index contributed by atoms with van der Waals surface area (Å²) >= 11 is 0. The lowest BCUT2D eigenvalue weighted by Gasteiger charge is -2.25. The highest BCUT2D eigenvalue weighted by atomic mass is 17.2. The molecule has 1 heterocycles. The van der Waals surface area contributed by atoms with E-state index in [0.29, 0.717) is 0 Å². The molecule has 0 aromatic heterocycles. The summed E-state index contributed by atoms with van der Waals surface area (Å²) in [4.78, 5) is 11.3. The van der Waals surface area contributed by atoms with Crippen molar-refractivity contribution in [2.45, 2.75) is 212 Å². The molecule has 0 spiro atoms. The van der Waals surface area contributed by atoms with Gasteiger partial charge >= 0.3 is 0 Å². The maximum absolute atomic E-state index is 5.86. The molecular weight excluding hydrogens is 464 g/mol. The highest BCUT2D eigenvalue weighted by Crippen LogP contribution is 2.34. The van der Waals surface area contributed by atoms with E-state index in [1.165, 1.54) is 186 Å². The van der Waals surface area contributed by atoms with E-state index in [1.807, 2.05) is 0 Å². The molecule has 1 unspecified atom stereocenters. The molecule has 1 rings (SSSR count). The van der Waals surface area contributed by atoms with E-state index >= 15 is 0 Å². The van der Waals surface area contributed by atoms with Gasteiger partial charge in [-0.3, -0.25) is 0 Å². The van der Waals surface area contributed by atoms with Crippen molar-refractivity contribution in [3.63, 3.8) is 0 Å². The van der Waals surface area contributed by atoms with Crippen LogP contribution in [0.15, 0.2) is 12.2 Å². The average molecular weight is 535 g/mol. The van der Waals surface area contributed by atoms with Gasteiger partial charge in [0.15, 0.2) is 0 Å². The number of hydrogen-bond acceptors (Lipinski definition) is 2. The van der Waals surface area contributed by atoms with Gasteiger partial charge in [-0.05, 0) is 38.5 Å². The molecule has 0 N–H and O–H groups in total. The van der Waals surface area contributed by atoms with Gasteiger partial charge in [0, 0.05) is 6.42 Å². The molecule has 1 aliphatic heterocycles. The van der Waals surface area contributed by atoms with Crippen LogP contribution < -0.4 is 0 Å². The van der Waals surface area contributed by atoms with Gasteiger partial charge in [-0.25, -0.2) is 9.78 Å². The van der Waals surface area contributed by atoms with Crippen LogP contribution in [0.5, 0.6) is 0 Å². The highest BCUT2D eigenvalue weighted by Gasteiger charge is 2.35. The Morgan fingerprint density at radius 1 is 0.447 bits per heavy atom. The standard InChI is InChI=1S/C36H70O2/c1-3-5-7-9-11-13-15-17-18-19-21-23-25-27-29-31-33-36(34-35-37-38-36)32-30-28-26-24-22-20-16-14-12-10-8-6-4-2/h17-18H,3-16,19-35H2,1-2H3. The average Bonchev–Trinajstić information content (AvgIpc) is 3.40. The second-order valence-corrected chi connectivity index (χ2v) is 12.5. The molecule has 0 radical (unpaired) electrons. The molecule has 1 atom stereocenters. The summed E-state index contributed by atoms with van der Waals surface area (Å²) in [5, 5.41) is 0. The van der Waals surface area contributed by atoms with Crippen LogP contribution in [0.25, 0.3) is 0 Å². The molecule has 0 bridgehead atoms. The Labute approximate surface area is 240 Å². The van der Waals surface area contributed by atoms with Gasteiger partial charge in [-0.1, -0.05) is 174 Å². The highest BCUT2D eigenvalue weighted by molar-refractivity contribution is 4.82. The van der Waals surface area contributed by atoms with Crippen molar-refractivity contribution in [2.24, 2.45) is 0 Å². The lowest BCUT2D eigenvalue weighted by atomic mass is 9.87. The summed E-state index contributed by atoms with van der Waals surface area (Å²) < 4.78 is 0. The SMILES string of the molecule is CCCCCCCCC=CCCCCCCCCC1(CCCCCCCCCCCCCCC)CCOO1. The summed E-state index contributed by atoms with van der Waals surface area (Å²) in [6.07, 6.45) is 46.1. The third-order valence-electron chi connectivity index (χ3n) is 8.76. The lowest BCUT2D eigenvalue weighted by molar-refractivity contribution is -0.312. The molecule has 0 aromatic carbocycles. The quantitative estimate of drug-likeness (QED) is 0.0518. The number of allylic oxidation sites excluding steroid dienone is 2. The van der Waals surface area contributed by atoms with E-state index in [2.05, 4.69) is 26.0 Å². The molecule has 1 saturated heterocycles. The molecule has 2 heteroatoms. The molecule has 0 amide bonds. The summed E-state index contributed by atoms with van der Waals surface area (Å²) in [7, 11) is 0. The number of rotatable bonds is 30. The third kappa shape index (κ3) is 22.5. The van der Waals surface area contributed by atoms with E-state index in [0.717, 1.165) is 13.0 Å². The van der Waals surface area contributed by atoms with E-state index < -0.39 is 0 Å². The largest absolute Gasteiger partial charge is 0.236 e. The van der Waals surface area contributed by atoms with Crippen LogP contribution in [-0.4, -0.2) is 12.2 Å². The second kappa shape index (κ2) is 28.2. The maximum Gasteiger partial charge on any atom is 0.106 e. The van der Waals surface area contributed by atoms with E-state index in [9.17, 15) is 0 Å². The Morgan fingerprint density at radius 2 is 0.789 bits per heavy atom. The van der Waals surface area contributed by atoms with Gasteiger partial charge in [0.1, 0.15) is 5.60 Å². The number of hydrogen-bond donors (Lipinski definition) is 0. The third-order valence-corrected chi connectivity index (χ3v) is 8.76. The minimum absolute atomic E-state index is 0.0402. The van der Waals surface area contributed by atoms with Gasteiger partial charge in [0.05, 0.1) is 6.61 Å². The zero-order valence-corrected chi connectivity index (χ0v) is 26.4. The molecule has 1 aliphatic rings. The predicted molar refractivity (Wildman–Crippen MR) is 169 cm³/mol. The van der Waals surface area contributed by atoms with Gasteiger partial charge < -0.3 is 0 Å². The first kappa shape index (κ1) is 35.7. The molecule has 0 aliphatic carbocycles. The Kier molecular flexibility index (Phi) is 26.5. The molecule has 0 saturated carbocycles. The normalized spacial score (nSPS) is 17.7. The van der Waals surface area contributed by atoms with Crippen molar-refractivity contribution in [1.82, 2.24) is 0 Å². The monoisotopic (exact) mass is 535 g/mol. The van der Waals surface area contributed by atoms with Crippen LogP contribution in [0.2, 0.25) is 0 Å². The molecule has 0 aromatic rings. The zero-order chi connectivity index (χ0) is 27.2. The first-order chi connectivity index (χ1) is 18.8. The summed E-state index contributed by atoms with van der Waals surface area (Å²) in [6, 6.07) is 0. The van der Waals surface area contributed by atoms with Gasteiger partial charge in [-0.15, -0.1) is 0 Å². The van der Waals surface area contributed by atoms with Crippen LogP contribution in [0.1, 0.15) is 206 Å². The minimum Gasteiger partial charge on any atom is -0.236 e. The Balaban J connectivity index is 1.89. The molecular formula is C36H70O2. The van der Waals surface area contributed by atoms with Crippen LogP contribution in [0, 0.1) is 0 Å². The van der Waals surface area contributed by atoms with E-state index in [1.54, 1.807) is 0 Å². The fourth-order valence-corrected chi connectivity index (χ4v) is 6.05. The lowest BCUT2D eigenvalue weighted by Crippen LogP contribution is -2.27. The van der Waals surface area contributed by atoms with Crippen molar-refractivity contribution in [1.29, 1.82) is 0 Å². The molecule has 38 heavy (non-hydrogen) atoms. The summed E-state index contributed by atoms with van der Waals surface area (Å²) in [5.41, 5.74) is 0.0402. The molecule has 2 nitrogen and oxygen atoms in total. The van der Waals surface area contributed by atoms with Gasteiger partial charge in [0.25, 0.3) is 0 Å². The summed E-state index contributed by atoms with van der Waals surface area (Å²) in [6.45, 7) is 5.39. The Hall–Kier alpha value is -0.340. The Morgan fingerprint density at radius 3 is 1.13 bits per heavy atom. The van der Waals surface area contributed by atoms with Gasteiger partial charge in [-0.2, -0.15) is 0 Å². The minimum atomic E-state index is 0.0402. The first-order valence-electron chi connectivity index (χ1n) is 17.8. The van der Waals surface area contributed by atoms with Crippen molar-refractivity contribution >= 4 is 0 Å². The van der Waals surface area contributed by atoms with Crippen molar-refractivity contribution < 1.29 is 9.78 Å². The van der Waals surface area contributed by atoms with Crippen LogP contribution in [0.4, 0.5) is 0 Å². The van der Waals surface area contributed by atoms with Crippen molar-refractivity contribution in [3.05, 3.63) is 12.2 Å². The maximum atomic E-state index is 5.86. The van der Waals surface area contributed by atoms with Crippen LogP contribution in [0.3, 0.4) is 0 Å². The zero-order valence-electron chi connectivity index (χ0n) is 26.4. The Bertz CT molecular complexity index is 480. The van der Waals surface area contributed by atoms with E-state index in [-0.39, 0.29) is 5.60 Å². The molecule has 226 valence electrons. The predicted octanol–water partition coefficient (Wildman–Crippen LogP) is 13.0. The second-order valence-electron chi connectivity index (χ2n) is 12.5. The molecule has 1 fully saturated rings. The topological polar surface area (TPSA) is 18.5 Å². The van der Waals surface area contributed by atoms with E-state index in [4.69, 9.17) is 9.78 Å². The first-order valence-corrected chi connectivity index (χ1v) is 17.8.